The molecule has 0 aliphatic rings. The van der Waals surface area contributed by atoms with Crippen LogP contribution >= 0.6 is 15.9 Å². The fraction of sp³-hybridized carbons (Fsp3) is 0.333. The van der Waals surface area contributed by atoms with E-state index in [0.717, 1.165) is 17.6 Å². The summed E-state index contributed by atoms with van der Waals surface area (Å²) in [7, 11) is 0. The van der Waals surface area contributed by atoms with E-state index < -0.39 is 0 Å². The number of benzene rings is 2. The lowest BCUT2D eigenvalue weighted by atomic mass is 10.1. The van der Waals surface area contributed by atoms with Gasteiger partial charge in [0.05, 0.1) is 0 Å². The number of halogens is 1. The van der Waals surface area contributed by atoms with Crippen molar-refractivity contribution < 1.29 is 0 Å². The van der Waals surface area contributed by atoms with Gasteiger partial charge in [-0.15, -0.1) is 0 Å². The highest BCUT2D eigenvalue weighted by Gasteiger charge is 2.05. The normalized spacial score (nSPS) is 13.9. The van der Waals surface area contributed by atoms with Crippen LogP contribution < -0.4 is 10.6 Å². The lowest BCUT2D eigenvalue weighted by Crippen LogP contribution is -2.30. The second-order valence-electron chi connectivity index (χ2n) is 5.31. The first kappa shape index (κ1) is 16.2. The molecule has 0 aromatic heterocycles. The van der Waals surface area contributed by atoms with Gasteiger partial charge < -0.3 is 10.6 Å². The third-order valence-corrected chi connectivity index (χ3v) is 4.22. The predicted molar refractivity (Wildman–Crippen MR) is 93.4 cm³/mol. The van der Waals surface area contributed by atoms with Crippen molar-refractivity contribution in [2.75, 3.05) is 13.1 Å². The first-order valence-electron chi connectivity index (χ1n) is 7.44. The first-order valence-corrected chi connectivity index (χ1v) is 8.23. The van der Waals surface area contributed by atoms with E-state index in [1.165, 1.54) is 11.1 Å². The molecule has 0 spiro atoms. The Morgan fingerprint density at radius 1 is 0.762 bits per heavy atom. The average molecular weight is 347 g/mol. The van der Waals surface area contributed by atoms with E-state index >= 15 is 0 Å². The molecule has 0 saturated carbocycles. The third-order valence-electron chi connectivity index (χ3n) is 3.70. The van der Waals surface area contributed by atoms with Gasteiger partial charge >= 0.3 is 0 Å². The van der Waals surface area contributed by atoms with Crippen molar-refractivity contribution in [1.29, 1.82) is 0 Å². The minimum Gasteiger partial charge on any atom is -0.309 e. The number of nitrogens with one attached hydrogen (secondary N) is 2. The smallest absolute Gasteiger partial charge is 0.0292 e. The predicted octanol–water partition coefficient (Wildman–Crippen LogP) is 4.45. The number of hydrogen-bond donors (Lipinski definition) is 2. The number of hydrogen-bond acceptors (Lipinski definition) is 2. The van der Waals surface area contributed by atoms with Crippen LogP contribution in [0.4, 0.5) is 0 Å². The van der Waals surface area contributed by atoms with E-state index in [1.807, 2.05) is 0 Å². The Bertz CT molecular complexity index is 525. The highest BCUT2D eigenvalue weighted by Crippen LogP contribution is 2.16. The molecular weight excluding hydrogens is 324 g/mol. The third kappa shape index (κ3) is 5.27. The van der Waals surface area contributed by atoms with Crippen molar-refractivity contribution in [2.24, 2.45) is 0 Å². The van der Waals surface area contributed by atoms with Gasteiger partial charge in [-0.3, -0.25) is 0 Å². The molecule has 21 heavy (non-hydrogen) atoms. The van der Waals surface area contributed by atoms with Gasteiger partial charge in [-0.2, -0.15) is 0 Å². The maximum atomic E-state index is 3.55. The van der Waals surface area contributed by atoms with Crippen LogP contribution in [0.5, 0.6) is 0 Å². The minimum absolute atomic E-state index is 0.368. The molecule has 2 rings (SSSR count). The van der Waals surface area contributed by atoms with E-state index in [0.29, 0.717) is 12.1 Å². The summed E-state index contributed by atoms with van der Waals surface area (Å²) in [6, 6.07) is 19.8. The topological polar surface area (TPSA) is 24.1 Å². The first-order chi connectivity index (χ1) is 10.2. The molecule has 0 aliphatic carbocycles. The Labute approximate surface area is 136 Å². The second kappa shape index (κ2) is 8.32. The monoisotopic (exact) mass is 346 g/mol. The lowest BCUT2D eigenvalue weighted by molar-refractivity contribution is 0.511. The highest BCUT2D eigenvalue weighted by molar-refractivity contribution is 9.10. The fourth-order valence-corrected chi connectivity index (χ4v) is 2.57. The van der Waals surface area contributed by atoms with Gasteiger partial charge in [0.15, 0.2) is 0 Å². The zero-order valence-corrected chi connectivity index (χ0v) is 14.2. The van der Waals surface area contributed by atoms with Crippen molar-refractivity contribution in [1.82, 2.24) is 10.6 Å². The molecule has 2 N–H and O–H groups in total. The molecule has 2 aromatic rings. The van der Waals surface area contributed by atoms with Gasteiger partial charge in [0.2, 0.25) is 0 Å². The summed E-state index contributed by atoms with van der Waals surface area (Å²) in [6.07, 6.45) is 0. The highest BCUT2D eigenvalue weighted by atomic mass is 79.9. The molecule has 112 valence electrons. The molecule has 0 bridgehead atoms. The molecule has 0 amide bonds. The van der Waals surface area contributed by atoms with E-state index in [-0.39, 0.29) is 0 Å². The summed E-state index contributed by atoms with van der Waals surface area (Å²) in [4.78, 5) is 0. The zero-order chi connectivity index (χ0) is 15.1. The summed E-state index contributed by atoms with van der Waals surface area (Å²) < 4.78 is 1.12. The molecule has 0 heterocycles. The van der Waals surface area contributed by atoms with Crippen molar-refractivity contribution >= 4 is 15.9 Å². The fourth-order valence-electron chi connectivity index (χ4n) is 2.31. The van der Waals surface area contributed by atoms with Crippen LogP contribution in [-0.2, 0) is 0 Å². The van der Waals surface area contributed by atoms with Crippen LogP contribution in [0.2, 0.25) is 0 Å². The molecule has 0 fully saturated rings. The Kier molecular flexibility index (Phi) is 6.43. The quantitative estimate of drug-likeness (QED) is 0.723. The second-order valence-corrected chi connectivity index (χ2v) is 6.23. The Morgan fingerprint density at radius 2 is 1.24 bits per heavy atom. The largest absolute Gasteiger partial charge is 0.309 e. The van der Waals surface area contributed by atoms with Gasteiger partial charge in [-0.05, 0) is 37.1 Å². The van der Waals surface area contributed by atoms with Crippen LogP contribution in [-0.4, -0.2) is 13.1 Å². The summed E-state index contributed by atoms with van der Waals surface area (Å²) in [5.41, 5.74) is 2.65. The molecule has 0 saturated heterocycles. The van der Waals surface area contributed by atoms with Crippen molar-refractivity contribution in [3.63, 3.8) is 0 Å². The summed E-state index contributed by atoms with van der Waals surface area (Å²) in [5.74, 6) is 0. The van der Waals surface area contributed by atoms with Gasteiger partial charge in [-0.1, -0.05) is 58.4 Å². The van der Waals surface area contributed by atoms with E-state index in [2.05, 4.69) is 95.0 Å². The maximum Gasteiger partial charge on any atom is 0.0292 e. The SMILES string of the molecule is CC(NCCNC(C)c1ccc(Br)cc1)c1ccccc1. The Morgan fingerprint density at radius 3 is 1.76 bits per heavy atom. The molecule has 2 atom stereocenters. The van der Waals surface area contributed by atoms with Crippen LogP contribution in [0, 0.1) is 0 Å². The van der Waals surface area contributed by atoms with Gasteiger partial charge in [0.1, 0.15) is 0 Å². The summed E-state index contributed by atoms with van der Waals surface area (Å²) in [5, 5.41) is 7.09. The zero-order valence-electron chi connectivity index (χ0n) is 12.6. The molecule has 0 aliphatic heterocycles. The maximum absolute atomic E-state index is 3.55. The van der Waals surface area contributed by atoms with Gasteiger partial charge in [-0.25, -0.2) is 0 Å². The van der Waals surface area contributed by atoms with E-state index in [4.69, 9.17) is 0 Å². The van der Waals surface area contributed by atoms with Crippen LogP contribution in [0.15, 0.2) is 59.1 Å². The van der Waals surface area contributed by atoms with Crippen LogP contribution in [0.25, 0.3) is 0 Å². The average Bonchev–Trinajstić information content (AvgIpc) is 2.52. The van der Waals surface area contributed by atoms with Crippen LogP contribution in [0.1, 0.15) is 37.1 Å². The molecule has 2 aromatic carbocycles. The lowest BCUT2D eigenvalue weighted by Gasteiger charge is -2.17. The Hall–Kier alpha value is -1.16. The molecule has 0 radical (unpaired) electrons. The Balaban J connectivity index is 1.71. The van der Waals surface area contributed by atoms with Crippen molar-refractivity contribution in [3.8, 4) is 0 Å². The summed E-state index contributed by atoms with van der Waals surface area (Å²) in [6.45, 7) is 6.31. The number of rotatable bonds is 7. The van der Waals surface area contributed by atoms with Gasteiger partial charge in [0, 0.05) is 29.6 Å². The van der Waals surface area contributed by atoms with E-state index in [9.17, 15) is 0 Å². The standard InChI is InChI=1S/C18H23BrN2/c1-14(16-6-4-3-5-7-16)20-12-13-21-15(2)17-8-10-18(19)11-9-17/h3-11,14-15,20-21H,12-13H2,1-2H3. The summed E-state index contributed by atoms with van der Waals surface area (Å²) >= 11 is 3.47. The van der Waals surface area contributed by atoms with Gasteiger partial charge in [0.25, 0.3) is 0 Å². The van der Waals surface area contributed by atoms with Crippen molar-refractivity contribution in [2.45, 2.75) is 25.9 Å². The molecule has 2 unspecified atom stereocenters. The van der Waals surface area contributed by atoms with E-state index in [1.54, 1.807) is 0 Å². The van der Waals surface area contributed by atoms with Crippen LogP contribution in [0.3, 0.4) is 0 Å². The molecular formula is C18H23BrN2. The minimum atomic E-state index is 0.368. The molecule has 2 nitrogen and oxygen atoms in total. The molecule has 3 heteroatoms. The van der Waals surface area contributed by atoms with Crippen molar-refractivity contribution in [3.05, 3.63) is 70.2 Å².